The number of ether oxygens (including phenoxy) is 3. The number of rotatable bonds is 7. The summed E-state index contributed by atoms with van der Waals surface area (Å²) in [7, 11) is -2.26. The number of nitrogens with zero attached hydrogens (tertiary/aromatic N) is 2. The Hall–Kier alpha value is -4.14. The van der Waals surface area contributed by atoms with Crippen molar-refractivity contribution in [3.8, 4) is 11.5 Å². The van der Waals surface area contributed by atoms with Crippen molar-refractivity contribution < 1.29 is 41.8 Å². The smallest absolute Gasteiger partial charge is 0.408 e. The lowest BCUT2D eigenvalue weighted by Gasteiger charge is -2.35. The third-order valence-corrected chi connectivity index (χ3v) is 14.1. The normalized spacial score (nSPS) is 31.4. The van der Waals surface area contributed by atoms with E-state index < -0.39 is 73.8 Å². The highest BCUT2D eigenvalue weighted by Gasteiger charge is 2.62. The molecule has 3 N–H and O–H groups in total. The lowest BCUT2D eigenvalue weighted by molar-refractivity contribution is -0.143. The SMILES string of the molecule is CC[C@@H]1C[C@]1(NC(=O)[C@@H]1C[C@@H]2CN1C(=O)[C@H](C(C)(C)C)NC(=O)O[C@]1(C)C[C@H]1CCCCCc1nc3ccc(OC)cc3cc1O2)C(=O)NS(=O)(=O)C1CC1. The summed E-state index contributed by atoms with van der Waals surface area (Å²) in [5.74, 6) is -0.673. The number of amides is 4. The molecular weight excluding hydrogens is 727 g/mol. The Kier molecular flexibility index (Phi) is 10.3. The van der Waals surface area contributed by atoms with Gasteiger partial charge in [0.05, 0.1) is 30.1 Å². The van der Waals surface area contributed by atoms with Crippen LogP contribution < -0.4 is 24.8 Å². The van der Waals surface area contributed by atoms with Gasteiger partial charge in [-0.15, -0.1) is 0 Å². The van der Waals surface area contributed by atoms with Gasteiger partial charge in [-0.05, 0) is 87.5 Å². The topological polar surface area (TPSA) is 182 Å². The third kappa shape index (κ3) is 8.08. The first-order valence-corrected chi connectivity index (χ1v) is 21.3. The van der Waals surface area contributed by atoms with Crippen LogP contribution in [0.5, 0.6) is 11.5 Å². The highest BCUT2D eigenvalue weighted by Crippen LogP contribution is 2.50. The first-order chi connectivity index (χ1) is 26.0. The molecule has 3 saturated carbocycles. The molecular formula is C40H55N5O9S. The number of carbonyl (C=O) groups excluding carboxylic acids is 4. The Bertz CT molecular complexity index is 1980. The summed E-state index contributed by atoms with van der Waals surface area (Å²) in [5.41, 5.74) is -1.25. The van der Waals surface area contributed by atoms with Crippen LogP contribution in [0.4, 0.5) is 4.79 Å². The third-order valence-electron chi connectivity index (χ3n) is 12.3. The number of hydrogen-bond acceptors (Lipinski definition) is 10. The number of methoxy groups -OCH3 is 1. The molecule has 1 aromatic carbocycles. The molecule has 15 heteroatoms. The van der Waals surface area contributed by atoms with Crippen LogP contribution >= 0.6 is 0 Å². The van der Waals surface area contributed by atoms with E-state index in [4.69, 9.17) is 19.2 Å². The van der Waals surface area contributed by atoms with Crippen molar-refractivity contribution in [2.24, 2.45) is 17.3 Å². The van der Waals surface area contributed by atoms with Crippen molar-refractivity contribution in [3.05, 3.63) is 30.0 Å². The zero-order chi connectivity index (χ0) is 39.5. The fourth-order valence-electron chi connectivity index (χ4n) is 8.43. The van der Waals surface area contributed by atoms with E-state index in [2.05, 4.69) is 15.4 Å². The van der Waals surface area contributed by atoms with Crippen molar-refractivity contribution in [1.82, 2.24) is 25.2 Å². The number of aryl methyl sites for hydroxylation is 1. The summed E-state index contributed by atoms with van der Waals surface area (Å²) in [5, 5.41) is 5.95. The number of alkyl carbamates (subject to hydrolysis) is 1. The second-order valence-corrected chi connectivity index (χ2v) is 19.5. The Morgan fingerprint density at radius 3 is 2.53 bits per heavy atom. The van der Waals surface area contributed by atoms with Gasteiger partial charge in [0.2, 0.25) is 21.8 Å². The number of sulfonamides is 1. The largest absolute Gasteiger partial charge is 0.497 e. The Labute approximate surface area is 323 Å². The fourth-order valence-corrected chi connectivity index (χ4v) is 9.79. The van der Waals surface area contributed by atoms with E-state index in [0.717, 1.165) is 48.7 Å². The zero-order valence-electron chi connectivity index (χ0n) is 32.7. The molecule has 3 aliphatic carbocycles. The van der Waals surface area contributed by atoms with Gasteiger partial charge in [-0.2, -0.15) is 0 Å². The van der Waals surface area contributed by atoms with Gasteiger partial charge < -0.3 is 29.7 Å². The molecule has 4 amide bonds. The van der Waals surface area contributed by atoms with Gasteiger partial charge in [0, 0.05) is 17.7 Å². The van der Waals surface area contributed by atoms with Gasteiger partial charge in [0.1, 0.15) is 40.8 Å². The van der Waals surface area contributed by atoms with E-state index in [9.17, 15) is 27.6 Å². The summed E-state index contributed by atoms with van der Waals surface area (Å²) in [6.07, 6.45) is 5.63. The average Bonchev–Trinajstić information content (AvgIpc) is 4.07. The number of fused-ring (bicyclic) bond motifs is 5. The van der Waals surface area contributed by atoms with E-state index >= 15 is 0 Å². The van der Waals surface area contributed by atoms with E-state index in [-0.39, 0.29) is 31.2 Å². The van der Waals surface area contributed by atoms with Crippen LogP contribution in [0, 0.1) is 17.3 Å². The quantitative estimate of drug-likeness (QED) is 0.361. The predicted molar refractivity (Wildman–Crippen MR) is 204 cm³/mol. The standard InChI is InChI=1S/C40H55N5O9S/c1-7-24-21-40(24,36(48)44-55(50,51)28-14-15-28)43-34(46)31-19-27-22-45(31)35(47)33(38(2,3)4)42-37(49)54-39(5)20-25(39)11-9-8-10-12-30-32(53-27)18-23-17-26(52-6)13-16-29(23)41-30/h13,16-18,24-25,27-28,31,33H,7-12,14-15,19-22H2,1-6H3,(H,42,49)(H,43,46)(H,44,48)/t24-,25-,27-,31+,33-,39-,40-/m1/s1. The summed E-state index contributed by atoms with van der Waals surface area (Å²) in [6.45, 7) is 9.32. The Balaban J connectivity index is 1.22. The molecule has 1 saturated heterocycles. The molecule has 300 valence electrons. The number of aromatic nitrogens is 1. The van der Waals surface area contributed by atoms with Crippen molar-refractivity contribution in [3.63, 3.8) is 0 Å². The highest BCUT2D eigenvalue weighted by atomic mass is 32.2. The maximum atomic E-state index is 14.7. The van der Waals surface area contributed by atoms with E-state index in [0.29, 0.717) is 37.2 Å². The van der Waals surface area contributed by atoms with Gasteiger partial charge in [-0.1, -0.05) is 47.0 Å². The number of carbonyl (C=O) groups is 4. The lowest BCUT2D eigenvalue weighted by atomic mass is 9.85. The maximum Gasteiger partial charge on any atom is 0.408 e. The minimum Gasteiger partial charge on any atom is -0.497 e. The Morgan fingerprint density at radius 2 is 1.85 bits per heavy atom. The first kappa shape index (κ1) is 39.1. The molecule has 3 heterocycles. The van der Waals surface area contributed by atoms with Crippen molar-refractivity contribution in [1.29, 1.82) is 0 Å². The number of benzene rings is 1. The van der Waals surface area contributed by atoms with Crippen LogP contribution in [-0.4, -0.2) is 90.3 Å². The molecule has 55 heavy (non-hydrogen) atoms. The molecule has 0 radical (unpaired) electrons. The molecule has 2 aromatic rings. The molecule has 0 spiro atoms. The summed E-state index contributed by atoms with van der Waals surface area (Å²) in [6, 6.07) is 5.44. The average molecular weight is 782 g/mol. The van der Waals surface area contributed by atoms with Gasteiger partial charge in [-0.3, -0.25) is 19.1 Å². The molecule has 4 fully saturated rings. The van der Waals surface area contributed by atoms with Crippen molar-refractivity contribution >= 4 is 44.7 Å². The zero-order valence-corrected chi connectivity index (χ0v) is 33.6. The number of pyridine rings is 1. The molecule has 2 aliphatic heterocycles. The van der Waals surface area contributed by atoms with Crippen LogP contribution in [0.15, 0.2) is 24.3 Å². The van der Waals surface area contributed by atoms with Crippen LogP contribution in [0.3, 0.4) is 0 Å². The van der Waals surface area contributed by atoms with E-state index in [1.165, 1.54) is 4.90 Å². The molecule has 14 nitrogen and oxygen atoms in total. The highest BCUT2D eigenvalue weighted by molar-refractivity contribution is 7.91. The predicted octanol–water partition coefficient (Wildman–Crippen LogP) is 4.52. The van der Waals surface area contributed by atoms with Gasteiger partial charge in [-0.25, -0.2) is 18.2 Å². The number of nitrogens with one attached hydrogen (secondary N) is 3. The van der Waals surface area contributed by atoms with Crippen LogP contribution in [0.2, 0.25) is 0 Å². The molecule has 5 aliphatic rings. The van der Waals surface area contributed by atoms with Crippen LogP contribution in [0.25, 0.3) is 10.9 Å². The number of hydrogen-bond donors (Lipinski definition) is 3. The second-order valence-electron chi connectivity index (χ2n) is 17.6. The summed E-state index contributed by atoms with van der Waals surface area (Å²) < 4.78 is 45.9. The van der Waals surface area contributed by atoms with E-state index in [1.54, 1.807) is 7.11 Å². The van der Waals surface area contributed by atoms with Gasteiger partial charge >= 0.3 is 6.09 Å². The molecule has 7 atom stereocenters. The first-order valence-electron chi connectivity index (χ1n) is 19.8. The fraction of sp³-hybridized carbons (Fsp3) is 0.675. The van der Waals surface area contributed by atoms with E-state index in [1.807, 2.05) is 58.9 Å². The molecule has 7 rings (SSSR count). The van der Waals surface area contributed by atoms with Crippen molar-refractivity contribution in [2.45, 2.75) is 140 Å². The van der Waals surface area contributed by atoms with Crippen LogP contribution in [-0.2, 0) is 35.6 Å². The van der Waals surface area contributed by atoms with Gasteiger partial charge in [0.25, 0.3) is 5.91 Å². The second kappa shape index (κ2) is 14.4. The Morgan fingerprint density at radius 1 is 1.09 bits per heavy atom. The van der Waals surface area contributed by atoms with Gasteiger partial charge in [0.15, 0.2) is 0 Å². The minimum atomic E-state index is -3.86. The minimum absolute atomic E-state index is 0.0159. The molecule has 1 aromatic heterocycles. The van der Waals surface area contributed by atoms with Crippen LogP contribution in [0.1, 0.15) is 105 Å². The maximum absolute atomic E-state index is 14.7. The molecule has 0 unspecified atom stereocenters. The van der Waals surface area contributed by atoms with Crippen molar-refractivity contribution in [2.75, 3.05) is 13.7 Å². The monoisotopic (exact) mass is 781 g/mol. The molecule has 2 bridgehead atoms. The lowest BCUT2D eigenvalue weighted by Crippen LogP contribution is -2.60. The summed E-state index contributed by atoms with van der Waals surface area (Å²) in [4.78, 5) is 62.6. The summed E-state index contributed by atoms with van der Waals surface area (Å²) >= 11 is 0.